The highest BCUT2D eigenvalue weighted by molar-refractivity contribution is 6.28. The van der Waals surface area contributed by atoms with Crippen molar-refractivity contribution in [1.82, 2.24) is 19.9 Å². The largest absolute Gasteiger partial charge is 0.310 e. The van der Waals surface area contributed by atoms with Crippen LogP contribution in [0.4, 0.5) is 4.39 Å². The molecule has 4 rings (SSSR count). The summed E-state index contributed by atoms with van der Waals surface area (Å²) in [7, 11) is 0. The van der Waals surface area contributed by atoms with Gasteiger partial charge in [0.05, 0.1) is 17.0 Å². The lowest BCUT2D eigenvalue weighted by molar-refractivity contribution is 0.610. The molecule has 0 amide bonds. The van der Waals surface area contributed by atoms with E-state index in [1.165, 1.54) is 12.1 Å². The zero-order valence-corrected chi connectivity index (χ0v) is 12.9. The fourth-order valence-corrected chi connectivity index (χ4v) is 2.96. The van der Waals surface area contributed by atoms with Gasteiger partial charge in [0.25, 0.3) is 0 Å². The third kappa shape index (κ3) is 2.55. The lowest BCUT2D eigenvalue weighted by Gasteiger charge is -2.16. The highest BCUT2D eigenvalue weighted by Gasteiger charge is 2.23. The van der Waals surface area contributed by atoms with Crippen LogP contribution in [-0.4, -0.2) is 26.4 Å². The molecular weight excluding hydrogens is 317 g/mol. The van der Waals surface area contributed by atoms with Gasteiger partial charge in [-0.15, -0.1) is 0 Å². The average Bonchev–Trinajstić information content (AvgIpc) is 2.95. The number of hydrogen-bond donors (Lipinski definition) is 1. The number of aromatic nitrogens is 4. The van der Waals surface area contributed by atoms with E-state index in [1.54, 1.807) is 23.1 Å². The number of nitrogens with zero attached hydrogens (tertiary/aromatic N) is 4. The molecule has 1 aliphatic rings. The van der Waals surface area contributed by atoms with Crippen molar-refractivity contribution in [3.05, 3.63) is 53.3 Å². The van der Waals surface area contributed by atoms with E-state index in [0.717, 1.165) is 41.9 Å². The number of fused-ring (bicyclic) bond motifs is 1. The first-order chi connectivity index (χ1) is 11.2. The minimum Gasteiger partial charge on any atom is -0.310 e. The molecule has 5 nitrogen and oxygen atoms in total. The Morgan fingerprint density at radius 1 is 1.17 bits per heavy atom. The van der Waals surface area contributed by atoms with Crippen molar-refractivity contribution in [2.24, 2.45) is 0 Å². The van der Waals surface area contributed by atoms with Gasteiger partial charge in [-0.2, -0.15) is 9.89 Å². The second-order valence-electron chi connectivity index (χ2n) is 5.31. The van der Waals surface area contributed by atoms with Crippen LogP contribution >= 0.6 is 11.6 Å². The van der Waals surface area contributed by atoms with Crippen LogP contribution in [0.15, 0.2) is 36.5 Å². The monoisotopic (exact) mass is 329 g/mol. The molecule has 0 atom stereocenters. The van der Waals surface area contributed by atoms with Crippen molar-refractivity contribution in [2.45, 2.75) is 12.8 Å². The zero-order chi connectivity index (χ0) is 15.8. The molecule has 0 saturated heterocycles. The van der Waals surface area contributed by atoms with Crippen molar-refractivity contribution in [2.75, 3.05) is 12.0 Å². The summed E-state index contributed by atoms with van der Waals surface area (Å²) in [6.07, 6.45) is 3.53. The van der Waals surface area contributed by atoms with E-state index in [0.29, 0.717) is 5.69 Å². The molecule has 1 N–H and O–H groups in total. The number of halogens is 2. The van der Waals surface area contributed by atoms with Gasteiger partial charge in [0.15, 0.2) is 0 Å². The Balaban J connectivity index is 1.95. The maximum Gasteiger partial charge on any atom is 0.222 e. The summed E-state index contributed by atoms with van der Waals surface area (Å²) in [5.74, 6) is -0.275. The van der Waals surface area contributed by atoms with E-state index in [-0.39, 0.29) is 11.1 Å². The molecule has 3 aromatic rings. The van der Waals surface area contributed by atoms with E-state index in [1.807, 2.05) is 6.07 Å². The molecule has 3 heterocycles. The van der Waals surface area contributed by atoms with Gasteiger partial charge in [-0.1, -0.05) is 0 Å². The highest BCUT2D eigenvalue weighted by atomic mass is 35.5. The average molecular weight is 330 g/mol. The first-order valence-corrected chi connectivity index (χ1v) is 7.71. The summed E-state index contributed by atoms with van der Waals surface area (Å²) >= 11 is 5.95. The standard InChI is InChI=1S/C16H13ClFN5/c17-16-19-9-7-12(21-16)14-13-2-1-8-20-23(13)22-15(14)10-3-5-11(18)6-4-10/h3-7,9,20H,1-2,8H2. The van der Waals surface area contributed by atoms with Gasteiger partial charge in [0.2, 0.25) is 5.28 Å². The van der Waals surface area contributed by atoms with Crippen LogP contribution in [0.1, 0.15) is 12.1 Å². The molecule has 0 radical (unpaired) electrons. The molecule has 7 heteroatoms. The van der Waals surface area contributed by atoms with E-state index in [2.05, 4.69) is 20.5 Å². The molecule has 0 fully saturated rings. The van der Waals surface area contributed by atoms with Gasteiger partial charge in [-0.05, 0) is 54.8 Å². The summed E-state index contributed by atoms with van der Waals surface area (Å²) in [4.78, 5) is 10.0. The smallest absolute Gasteiger partial charge is 0.222 e. The van der Waals surface area contributed by atoms with Crippen LogP contribution in [0.3, 0.4) is 0 Å². The topological polar surface area (TPSA) is 55.6 Å². The van der Waals surface area contributed by atoms with E-state index in [4.69, 9.17) is 11.6 Å². The van der Waals surface area contributed by atoms with Crippen molar-refractivity contribution in [1.29, 1.82) is 0 Å². The fraction of sp³-hybridized carbons (Fsp3) is 0.188. The van der Waals surface area contributed by atoms with E-state index < -0.39 is 0 Å². The third-order valence-electron chi connectivity index (χ3n) is 3.83. The molecule has 116 valence electrons. The minimum absolute atomic E-state index is 0.191. The molecule has 1 aliphatic heterocycles. The Labute approximate surface area is 137 Å². The molecule has 2 aromatic heterocycles. The van der Waals surface area contributed by atoms with Crippen LogP contribution in [0.5, 0.6) is 0 Å². The van der Waals surface area contributed by atoms with Gasteiger partial charge in [-0.3, -0.25) is 0 Å². The molecular formula is C16H13ClFN5. The molecule has 1 aromatic carbocycles. The van der Waals surface area contributed by atoms with Crippen molar-refractivity contribution in [3.8, 4) is 22.5 Å². The van der Waals surface area contributed by atoms with Crippen LogP contribution in [0.2, 0.25) is 5.28 Å². The normalized spacial score (nSPS) is 13.5. The Hall–Kier alpha value is -2.47. The second-order valence-corrected chi connectivity index (χ2v) is 5.65. The summed E-state index contributed by atoms with van der Waals surface area (Å²) in [6.45, 7) is 0.863. The van der Waals surface area contributed by atoms with Gasteiger partial charge in [0.1, 0.15) is 11.5 Å². The van der Waals surface area contributed by atoms with E-state index >= 15 is 0 Å². The SMILES string of the molecule is Fc1ccc(-c2nn3c(c2-c2ccnc(Cl)n2)CCCN3)cc1. The molecule has 0 spiro atoms. The Bertz CT molecular complexity index is 859. The minimum atomic E-state index is -0.275. The number of rotatable bonds is 2. The summed E-state index contributed by atoms with van der Waals surface area (Å²) in [6, 6.07) is 8.10. The predicted octanol–water partition coefficient (Wildman–Crippen LogP) is 3.29. The van der Waals surface area contributed by atoms with Gasteiger partial charge >= 0.3 is 0 Å². The van der Waals surface area contributed by atoms with Crippen molar-refractivity contribution in [3.63, 3.8) is 0 Å². The summed E-state index contributed by atoms with van der Waals surface area (Å²) in [5, 5.41) is 4.83. The number of hydrogen-bond acceptors (Lipinski definition) is 4. The van der Waals surface area contributed by atoms with Crippen LogP contribution in [-0.2, 0) is 6.42 Å². The van der Waals surface area contributed by atoms with Gasteiger partial charge in [-0.25, -0.2) is 14.4 Å². The Morgan fingerprint density at radius 3 is 2.78 bits per heavy atom. The maximum atomic E-state index is 13.2. The summed E-state index contributed by atoms with van der Waals surface area (Å²) < 4.78 is 13.2. The van der Waals surface area contributed by atoms with Crippen molar-refractivity contribution >= 4 is 11.6 Å². The first-order valence-electron chi connectivity index (χ1n) is 7.33. The zero-order valence-electron chi connectivity index (χ0n) is 12.1. The van der Waals surface area contributed by atoms with Gasteiger partial charge in [0, 0.05) is 18.3 Å². The molecule has 23 heavy (non-hydrogen) atoms. The Kier molecular flexibility index (Phi) is 3.46. The lowest BCUT2D eigenvalue weighted by atomic mass is 10.0. The van der Waals surface area contributed by atoms with E-state index in [9.17, 15) is 4.39 Å². The molecule has 0 unspecified atom stereocenters. The quantitative estimate of drug-likeness (QED) is 0.733. The van der Waals surface area contributed by atoms with Crippen molar-refractivity contribution < 1.29 is 4.39 Å². The van der Waals surface area contributed by atoms with Crippen LogP contribution < -0.4 is 5.43 Å². The molecule has 0 saturated carbocycles. The molecule has 0 bridgehead atoms. The summed E-state index contributed by atoms with van der Waals surface area (Å²) in [5.41, 5.74) is 7.50. The van der Waals surface area contributed by atoms with Gasteiger partial charge < -0.3 is 5.43 Å². The highest BCUT2D eigenvalue weighted by Crippen LogP contribution is 2.35. The lowest BCUT2D eigenvalue weighted by Crippen LogP contribution is -2.25. The van der Waals surface area contributed by atoms with Crippen LogP contribution in [0.25, 0.3) is 22.5 Å². The third-order valence-corrected chi connectivity index (χ3v) is 4.02. The predicted molar refractivity (Wildman–Crippen MR) is 86.2 cm³/mol. The second kappa shape index (κ2) is 5.62. The number of nitrogens with one attached hydrogen (secondary N) is 1. The maximum absolute atomic E-state index is 13.2. The number of benzene rings is 1. The van der Waals surface area contributed by atoms with Crippen LogP contribution in [0, 0.1) is 5.82 Å². The Morgan fingerprint density at radius 2 is 2.00 bits per heavy atom. The molecule has 0 aliphatic carbocycles. The first kappa shape index (κ1) is 14.1. The fourth-order valence-electron chi connectivity index (χ4n) is 2.81.